The van der Waals surface area contributed by atoms with Crippen LogP contribution in [0.15, 0.2) is 41.3 Å². The highest BCUT2D eigenvalue weighted by molar-refractivity contribution is 7.98. The number of hydrogen-bond donors (Lipinski definition) is 1. The Hall–Kier alpha value is -1.49. The average molecular weight is 519 g/mol. The van der Waals surface area contributed by atoms with E-state index in [1.165, 1.54) is 29.6 Å². The molecule has 2 aromatic rings. The summed E-state index contributed by atoms with van der Waals surface area (Å²) in [6.07, 6.45) is 0. The predicted octanol–water partition coefficient (Wildman–Crippen LogP) is 3.69. The smallest absolute Gasteiger partial charge is 0.255 e. The number of rotatable bonds is 9. The van der Waals surface area contributed by atoms with Crippen LogP contribution in [0.1, 0.15) is 15.9 Å². The minimum atomic E-state index is -3.72. The van der Waals surface area contributed by atoms with Gasteiger partial charge in [0.25, 0.3) is 5.91 Å². The lowest BCUT2D eigenvalue weighted by atomic mass is 10.2. The van der Waals surface area contributed by atoms with Crippen molar-refractivity contribution in [3.8, 4) is 5.75 Å². The van der Waals surface area contributed by atoms with E-state index in [2.05, 4.69) is 5.32 Å². The maximum atomic E-state index is 12.9. The summed E-state index contributed by atoms with van der Waals surface area (Å²) in [5.74, 6) is 1.14. The molecule has 0 aliphatic carbocycles. The van der Waals surface area contributed by atoms with Crippen molar-refractivity contribution in [1.82, 2.24) is 9.62 Å². The van der Waals surface area contributed by atoms with Crippen LogP contribution in [0.5, 0.6) is 5.75 Å². The lowest BCUT2D eigenvalue weighted by Gasteiger charge is -2.26. The molecule has 1 fully saturated rings. The Morgan fingerprint density at radius 2 is 1.88 bits per heavy atom. The summed E-state index contributed by atoms with van der Waals surface area (Å²) in [6, 6.07) is 9.67. The topological polar surface area (TPSA) is 84.9 Å². The maximum absolute atomic E-state index is 12.9. The number of halogens is 2. The maximum Gasteiger partial charge on any atom is 0.255 e. The van der Waals surface area contributed by atoms with E-state index in [9.17, 15) is 13.2 Å². The summed E-state index contributed by atoms with van der Waals surface area (Å²) in [5, 5.41) is 4.03. The van der Waals surface area contributed by atoms with Gasteiger partial charge in [-0.1, -0.05) is 29.3 Å². The molecule has 1 amide bonds. The number of morpholine rings is 1. The van der Waals surface area contributed by atoms with Crippen LogP contribution in [-0.2, 0) is 20.5 Å². The fraction of sp³-hybridized carbons (Fsp3) is 0.381. The molecule has 1 aliphatic rings. The second-order valence-electron chi connectivity index (χ2n) is 6.89. The number of carbonyl (C=O) groups is 1. The number of benzene rings is 2. The first-order valence-electron chi connectivity index (χ1n) is 9.89. The Bertz CT molecular complexity index is 1040. The highest BCUT2D eigenvalue weighted by Crippen LogP contribution is 2.28. The second kappa shape index (κ2) is 11.6. The van der Waals surface area contributed by atoms with E-state index in [-0.39, 0.29) is 23.5 Å². The van der Waals surface area contributed by atoms with Gasteiger partial charge in [-0.15, -0.1) is 0 Å². The third kappa shape index (κ3) is 6.09. The molecule has 1 aliphatic heterocycles. The number of thioether (sulfide) groups is 1. The van der Waals surface area contributed by atoms with Crippen LogP contribution in [0.2, 0.25) is 10.0 Å². The zero-order valence-corrected chi connectivity index (χ0v) is 20.6. The zero-order valence-electron chi connectivity index (χ0n) is 17.5. The van der Waals surface area contributed by atoms with E-state index in [1.54, 1.807) is 30.0 Å². The molecule has 7 nitrogen and oxygen atoms in total. The molecule has 1 N–H and O–H groups in total. The third-order valence-electron chi connectivity index (χ3n) is 4.86. The lowest BCUT2D eigenvalue weighted by Crippen LogP contribution is -2.40. The van der Waals surface area contributed by atoms with Gasteiger partial charge < -0.3 is 14.8 Å². The molecule has 0 bridgehead atoms. The summed E-state index contributed by atoms with van der Waals surface area (Å²) in [4.78, 5) is 12.8. The van der Waals surface area contributed by atoms with Crippen LogP contribution in [0, 0.1) is 0 Å². The summed E-state index contributed by atoms with van der Waals surface area (Å²) < 4.78 is 37.7. The molecule has 32 heavy (non-hydrogen) atoms. The van der Waals surface area contributed by atoms with E-state index < -0.39 is 15.9 Å². The lowest BCUT2D eigenvalue weighted by molar-refractivity contribution is 0.0730. The fourth-order valence-corrected chi connectivity index (χ4v) is 6.17. The number of nitrogens with one attached hydrogen (secondary N) is 1. The summed E-state index contributed by atoms with van der Waals surface area (Å²) in [5.41, 5.74) is 1.02. The minimum Gasteiger partial charge on any atom is -0.496 e. The molecule has 1 heterocycles. The Labute approximate surface area is 202 Å². The van der Waals surface area contributed by atoms with Crippen molar-refractivity contribution in [3.05, 3.63) is 57.6 Å². The van der Waals surface area contributed by atoms with E-state index in [1.807, 2.05) is 0 Å². The van der Waals surface area contributed by atoms with Gasteiger partial charge in [0.1, 0.15) is 5.75 Å². The molecule has 0 aromatic heterocycles. The van der Waals surface area contributed by atoms with Gasteiger partial charge in [-0.25, -0.2) is 8.42 Å². The summed E-state index contributed by atoms with van der Waals surface area (Å²) >= 11 is 13.9. The summed E-state index contributed by atoms with van der Waals surface area (Å²) in [6.45, 7) is 1.64. The highest BCUT2D eigenvalue weighted by atomic mass is 35.5. The van der Waals surface area contributed by atoms with Crippen LogP contribution in [0.4, 0.5) is 0 Å². The largest absolute Gasteiger partial charge is 0.496 e. The molecular formula is C21H24Cl2N2O5S2. The average Bonchev–Trinajstić information content (AvgIpc) is 2.80. The van der Waals surface area contributed by atoms with Crippen LogP contribution in [-0.4, -0.2) is 64.3 Å². The van der Waals surface area contributed by atoms with Gasteiger partial charge in [-0.2, -0.15) is 16.1 Å². The molecule has 0 saturated carbocycles. The Morgan fingerprint density at radius 3 is 2.53 bits per heavy atom. The standard InChI is InChI=1S/C21H24Cl2N2O5S2/c1-29-20-6-5-15(32(27,28)25-8-10-30-11-9-25)13-16(20)21(26)24-7-12-31-14-17-18(22)3-2-4-19(17)23/h2-6,13H,7-12,14H2,1H3,(H,24,26). The molecular weight excluding hydrogens is 495 g/mol. The van der Waals surface area contributed by atoms with Crippen LogP contribution >= 0.6 is 35.0 Å². The first kappa shape index (κ1) is 25.1. The predicted molar refractivity (Wildman–Crippen MR) is 128 cm³/mol. The molecule has 11 heteroatoms. The van der Waals surface area contributed by atoms with Crippen LogP contribution in [0.3, 0.4) is 0 Å². The molecule has 3 rings (SSSR count). The van der Waals surface area contributed by atoms with Crippen molar-refractivity contribution in [2.24, 2.45) is 0 Å². The van der Waals surface area contributed by atoms with Gasteiger partial charge in [-0.05, 0) is 35.9 Å². The summed E-state index contributed by atoms with van der Waals surface area (Å²) in [7, 11) is -2.29. The van der Waals surface area contributed by atoms with Crippen LogP contribution < -0.4 is 10.1 Å². The Kier molecular flexibility index (Phi) is 9.10. The number of sulfonamides is 1. The molecule has 0 spiro atoms. The van der Waals surface area contributed by atoms with Crippen LogP contribution in [0.25, 0.3) is 0 Å². The number of hydrogen-bond acceptors (Lipinski definition) is 6. The third-order valence-corrected chi connectivity index (χ3v) is 8.45. The minimum absolute atomic E-state index is 0.0492. The molecule has 0 atom stereocenters. The van der Waals surface area contributed by atoms with Crippen molar-refractivity contribution in [2.45, 2.75) is 10.6 Å². The normalized spacial score (nSPS) is 14.8. The SMILES string of the molecule is COc1ccc(S(=O)(=O)N2CCOCC2)cc1C(=O)NCCSCc1c(Cl)cccc1Cl. The first-order valence-corrected chi connectivity index (χ1v) is 13.2. The number of nitrogens with zero attached hydrogens (tertiary/aromatic N) is 1. The van der Waals surface area contributed by atoms with Gasteiger partial charge in [0.15, 0.2) is 0 Å². The molecule has 2 aromatic carbocycles. The molecule has 0 radical (unpaired) electrons. The Morgan fingerprint density at radius 1 is 1.19 bits per heavy atom. The van der Waals surface area contributed by atoms with Gasteiger partial charge in [-0.3, -0.25) is 4.79 Å². The van der Waals surface area contributed by atoms with Gasteiger partial charge in [0, 0.05) is 41.2 Å². The molecule has 0 unspecified atom stereocenters. The first-order chi connectivity index (χ1) is 15.3. The van der Waals surface area contributed by atoms with Gasteiger partial charge >= 0.3 is 0 Å². The number of amides is 1. The van der Waals surface area contributed by atoms with Crippen molar-refractivity contribution in [1.29, 1.82) is 0 Å². The second-order valence-corrected chi connectivity index (χ2v) is 10.7. The van der Waals surface area contributed by atoms with Crippen molar-refractivity contribution in [2.75, 3.05) is 45.7 Å². The number of ether oxygens (including phenoxy) is 2. The van der Waals surface area contributed by atoms with E-state index >= 15 is 0 Å². The van der Waals surface area contributed by atoms with Gasteiger partial charge in [0.05, 0.1) is 30.8 Å². The van der Waals surface area contributed by atoms with E-state index in [0.717, 1.165) is 5.56 Å². The van der Waals surface area contributed by atoms with Crippen molar-refractivity contribution < 1.29 is 22.7 Å². The van der Waals surface area contributed by atoms with Crippen molar-refractivity contribution in [3.63, 3.8) is 0 Å². The van der Waals surface area contributed by atoms with Crippen molar-refractivity contribution >= 4 is 50.9 Å². The zero-order chi connectivity index (χ0) is 23.1. The Balaban J connectivity index is 1.62. The molecule has 1 saturated heterocycles. The quantitative estimate of drug-likeness (QED) is 0.509. The monoisotopic (exact) mass is 518 g/mol. The number of carbonyl (C=O) groups excluding carboxylic acids is 1. The van der Waals surface area contributed by atoms with E-state index in [0.29, 0.717) is 47.1 Å². The molecule has 174 valence electrons. The highest BCUT2D eigenvalue weighted by Gasteiger charge is 2.28. The fourth-order valence-electron chi connectivity index (χ4n) is 3.14. The van der Waals surface area contributed by atoms with Gasteiger partial charge in [0.2, 0.25) is 10.0 Å². The number of methoxy groups -OCH3 is 1. The van der Waals surface area contributed by atoms with E-state index in [4.69, 9.17) is 32.7 Å².